The summed E-state index contributed by atoms with van der Waals surface area (Å²) in [6.07, 6.45) is 6.36. The average molecular weight is 283 g/mol. The van der Waals surface area contributed by atoms with E-state index >= 15 is 0 Å². The predicted molar refractivity (Wildman–Crippen MR) is 80.0 cm³/mol. The molecule has 1 amide bonds. The molecule has 0 bridgehead atoms. The summed E-state index contributed by atoms with van der Waals surface area (Å²) in [5.41, 5.74) is 8.37. The van der Waals surface area contributed by atoms with Gasteiger partial charge in [-0.1, -0.05) is 19.9 Å². The van der Waals surface area contributed by atoms with Gasteiger partial charge in [0.25, 0.3) is 0 Å². The number of allylic oxidation sites excluding steroid dienone is 1. The molecule has 108 valence electrons. The number of carbonyl (C=O) groups is 1. The molecule has 0 aliphatic heterocycles. The quantitative estimate of drug-likeness (QED) is 0.649. The molecule has 0 saturated carbocycles. The smallest absolute Gasteiger partial charge is 0.247 e. The first-order chi connectivity index (χ1) is 10.0. The molecule has 0 saturated heterocycles. The third-order valence-electron chi connectivity index (χ3n) is 3.02. The lowest BCUT2D eigenvalue weighted by Crippen LogP contribution is -2.11. The Labute approximate surface area is 122 Å². The van der Waals surface area contributed by atoms with E-state index in [0.29, 0.717) is 18.0 Å². The third-order valence-corrected chi connectivity index (χ3v) is 3.02. The van der Waals surface area contributed by atoms with Crippen molar-refractivity contribution in [2.24, 2.45) is 11.7 Å². The van der Waals surface area contributed by atoms with Gasteiger partial charge in [-0.15, -0.1) is 0 Å². The van der Waals surface area contributed by atoms with Gasteiger partial charge in [-0.25, -0.2) is 14.8 Å². The van der Waals surface area contributed by atoms with Gasteiger partial charge in [-0.2, -0.15) is 0 Å². The van der Waals surface area contributed by atoms with Crippen LogP contribution < -0.4 is 5.73 Å². The molecule has 0 aliphatic carbocycles. The summed E-state index contributed by atoms with van der Waals surface area (Å²) in [4.78, 5) is 26.1. The molecule has 0 atom stereocenters. The Morgan fingerprint density at radius 3 is 2.95 bits per heavy atom. The van der Waals surface area contributed by atoms with Crippen molar-refractivity contribution in [3.63, 3.8) is 0 Å². The van der Waals surface area contributed by atoms with Crippen molar-refractivity contribution in [2.75, 3.05) is 0 Å². The second-order valence-electron chi connectivity index (χ2n) is 5.24. The van der Waals surface area contributed by atoms with E-state index in [1.807, 2.05) is 0 Å². The molecular weight excluding hydrogens is 266 g/mol. The van der Waals surface area contributed by atoms with Crippen molar-refractivity contribution in [3.05, 3.63) is 46.8 Å². The number of H-pyrrole nitrogens is 1. The van der Waals surface area contributed by atoms with E-state index < -0.39 is 5.91 Å². The first-order valence-electron chi connectivity index (χ1n) is 6.70. The maximum atomic E-state index is 11.0. The molecule has 6 heteroatoms. The van der Waals surface area contributed by atoms with Crippen LogP contribution in [0.25, 0.3) is 16.0 Å². The lowest BCUT2D eigenvalue weighted by Gasteiger charge is -2.03. The Bertz CT molecular complexity index is 736. The minimum atomic E-state index is -0.712. The van der Waals surface area contributed by atoms with E-state index in [1.165, 1.54) is 6.08 Å². The van der Waals surface area contributed by atoms with Crippen LogP contribution in [-0.4, -0.2) is 20.9 Å². The van der Waals surface area contributed by atoms with Gasteiger partial charge < -0.3 is 10.7 Å². The fraction of sp³-hybridized carbons (Fsp3) is 0.333. The molecule has 3 N–H and O–H groups in total. The second kappa shape index (κ2) is 6.18. The second-order valence-corrected chi connectivity index (χ2v) is 5.24. The highest BCUT2D eigenvalue weighted by atomic mass is 16.1. The minimum absolute atomic E-state index is 0.0596. The summed E-state index contributed by atoms with van der Waals surface area (Å²) in [5, 5.41) is 0. The number of aromatic nitrogens is 3. The van der Waals surface area contributed by atoms with Crippen molar-refractivity contribution >= 4 is 17.1 Å². The van der Waals surface area contributed by atoms with E-state index in [4.69, 9.17) is 12.3 Å². The molecule has 2 heterocycles. The zero-order chi connectivity index (χ0) is 15.4. The highest BCUT2D eigenvalue weighted by Gasteiger charge is 2.09. The predicted octanol–water partition coefficient (Wildman–Crippen LogP) is 1.99. The Kier molecular flexibility index (Phi) is 4.33. The number of nitrogens with zero attached hydrogens (tertiary/aromatic N) is 3. The highest BCUT2D eigenvalue weighted by Crippen LogP contribution is 2.17. The molecule has 0 unspecified atom stereocenters. The molecule has 2 aromatic rings. The molecular formula is C15H17N5O. The van der Waals surface area contributed by atoms with Crippen LogP contribution in [0.5, 0.6) is 0 Å². The minimum Gasteiger partial charge on any atom is -0.375 e. The van der Waals surface area contributed by atoms with Gasteiger partial charge in [0.1, 0.15) is 5.52 Å². The van der Waals surface area contributed by atoms with Crippen LogP contribution in [-0.2, 0) is 17.6 Å². The Morgan fingerprint density at radius 2 is 2.33 bits per heavy atom. The number of fused-ring (bicyclic) bond motifs is 1. The normalized spacial score (nSPS) is 11.8. The zero-order valence-corrected chi connectivity index (χ0v) is 12.1. The highest BCUT2D eigenvalue weighted by molar-refractivity contribution is 5.93. The molecule has 0 aliphatic rings. The van der Waals surface area contributed by atoms with E-state index in [9.17, 15) is 4.79 Å². The first-order valence-corrected chi connectivity index (χ1v) is 6.70. The lowest BCUT2D eigenvalue weighted by atomic mass is 10.1. The fourth-order valence-corrected chi connectivity index (χ4v) is 2.06. The van der Waals surface area contributed by atoms with Crippen molar-refractivity contribution in [1.29, 1.82) is 0 Å². The SMILES string of the molecule is [C-]#[N+]/C(=C\Cc1c[nH]c2ncc(CC(C)C)nc12)C(N)=O. The van der Waals surface area contributed by atoms with Crippen molar-refractivity contribution in [3.8, 4) is 0 Å². The number of carbonyl (C=O) groups excluding carboxylic acids is 1. The van der Waals surface area contributed by atoms with Gasteiger partial charge in [0.05, 0.1) is 18.5 Å². The van der Waals surface area contributed by atoms with Gasteiger partial charge in [0.15, 0.2) is 5.65 Å². The van der Waals surface area contributed by atoms with Crippen molar-refractivity contribution in [2.45, 2.75) is 26.7 Å². The number of aromatic amines is 1. The zero-order valence-electron chi connectivity index (χ0n) is 12.1. The topological polar surface area (TPSA) is 89.0 Å². The number of hydrogen-bond donors (Lipinski definition) is 2. The molecule has 6 nitrogen and oxygen atoms in total. The van der Waals surface area contributed by atoms with Crippen LogP contribution in [0.2, 0.25) is 0 Å². The van der Waals surface area contributed by atoms with Gasteiger partial charge >= 0.3 is 0 Å². The first kappa shape index (κ1) is 14.7. The summed E-state index contributed by atoms with van der Waals surface area (Å²) in [6, 6.07) is 0. The van der Waals surface area contributed by atoms with Crippen molar-refractivity contribution in [1.82, 2.24) is 15.0 Å². The summed E-state index contributed by atoms with van der Waals surface area (Å²) in [6.45, 7) is 11.2. The Balaban J connectivity index is 2.32. The van der Waals surface area contributed by atoms with E-state index in [1.54, 1.807) is 12.4 Å². The molecule has 0 fully saturated rings. The average Bonchev–Trinajstić information content (AvgIpc) is 2.81. The van der Waals surface area contributed by atoms with E-state index in [2.05, 4.69) is 33.6 Å². The number of nitrogens with one attached hydrogen (secondary N) is 1. The molecule has 21 heavy (non-hydrogen) atoms. The third kappa shape index (κ3) is 3.45. The summed E-state index contributed by atoms with van der Waals surface area (Å²) < 4.78 is 0. The van der Waals surface area contributed by atoms with Gasteiger partial charge in [-0.05, 0) is 18.8 Å². The maximum Gasteiger partial charge on any atom is 0.247 e. The number of primary amides is 1. The number of amides is 1. The molecule has 0 spiro atoms. The Hall–Kier alpha value is -2.68. The molecule has 0 aromatic carbocycles. The Morgan fingerprint density at radius 1 is 1.57 bits per heavy atom. The van der Waals surface area contributed by atoms with E-state index in [0.717, 1.165) is 23.2 Å². The van der Waals surface area contributed by atoms with Gasteiger partial charge in [0, 0.05) is 11.8 Å². The molecule has 2 rings (SSSR count). The summed E-state index contributed by atoms with van der Waals surface area (Å²) >= 11 is 0. The maximum absolute atomic E-state index is 11.0. The summed E-state index contributed by atoms with van der Waals surface area (Å²) in [5.74, 6) is -0.209. The number of rotatable bonds is 5. The van der Waals surface area contributed by atoms with Crippen LogP contribution in [0, 0.1) is 12.5 Å². The van der Waals surface area contributed by atoms with Crippen LogP contribution >= 0.6 is 0 Å². The van der Waals surface area contributed by atoms with Gasteiger partial charge in [0.2, 0.25) is 11.6 Å². The number of hydrogen-bond acceptors (Lipinski definition) is 3. The van der Waals surface area contributed by atoms with Crippen molar-refractivity contribution < 1.29 is 4.79 Å². The molecule has 0 radical (unpaired) electrons. The van der Waals surface area contributed by atoms with Crippen LogP contribution in [0.15, 0.2) is 24.2 Å². The monoisotopic (exact) mass is 283 g/mol. The van der Waals surface area contributed by atoms with E-state index in [-0.39, 0.29) is 5.70 Å². The lowest BCUT2D eigenvalue weighted by molar-refractivity contribution is -0.114. The standard InChI is InChI=1S/C15H17N5O/c1-9(2)6-11-8-19-15-13(20-11)10(7-18-15)4-5-12(17-3)14(16)21/h5,7-9H,4,6H2,1-2H3,(H2,16,21)(H,18,19)/b12-5-. The van der Waals surface area contributed by atoms with Crippen LogP contribution in [0.3, 0.4) is 0 Å². The van der Waals surface area contributed by atoms with Gasteiger partial charge in [-0.3, -0.25) is 4.79 Å². The molecule has 2 aromatic heterocycles. The summed E-state index contributed by atoms with van der Waals surface area (Å²) in [7, 11) is 0. The fourth-order valence-electron chi connectivity index (χ4n) is 2.06. The van der Waals surface area contributed by atoms with Crippen LogP contribution in [0.4, 0.5) is 0 Å². The van der Waals surface area contributed by atoms with Crippen LogP contribution in [0.1, 0.15) is 25.1 Å². The number of nitrogens with two attached hydrogens (primary N) is 1. The largest absolute Gasteiger partial charge is 0.375 e.